The summed E-state index contributed by atoms with van der Waals surface area (Å²) in [5.41, 5.74) is 0.194. The van der Waals surface area contributed by atoms with Gasteiger partial charge in [-0.15, -0.1) is 0 Å². The van der Waals surface area contributed by atoms with Gasteiger partial charge in [0.2, 0.25) is 5.95 Å². The standard InChI is InChI=1S/C22H23F3N4O/c1-2-3-7-14-30-18-12-10-17(11-13-18)27-20-19(22(23,24)25)15-26-21(29-20)28-16-8-5-4-6-9-16/h4-6,8-13,15H,2-3,7,14H2,1H3,(H2,26,27,28,29). The van der Waals surface area contributed by atoms with Gasteiger partial charge in [0, 0.05) is 17.6 Å². The molecular weight excluding hydrogens is 393 g/mol. The molecule has 158 valence electrons. The van der Waals surface area contributed by atoms with Crippen LogP contribution in [0.5, 0.6) is 5.75 Å². The number of ether oxygens (including phenoxy) is 1. The number of halogens is 3. The third-order valence-electron chi connectivity index (χ3n) is 4.26. The van der Waals surface area contributed by atoms with Crippen LogP contribution in [0, 0.1) is 0 Å². The van der Waals surface area contributed by atoms with Gasteiger partial charge in [0.15, 0.2) is 0 Å². The SMILES string of the molecule is CCCCCOc1ccc(Nc2nc(Nc3ccccc3)ncc2C(F)(F)F)cc1. The van der Waals surface area contributed by atoms with Crippen molar-refractivity contribution < 1.29 is 17.9 Å². The molecule has 3 rings (SSSR count). The fourth-order valence-electron chi connectivity index (χ4n) is 2.71. The van der Waals surface area contributed by atoms with E-state index in [-0.39, 0.29) is 11.8 Å². The molecule has 0 amide bonds. The van der Waals surface area contributed by atoms with E-state index >= 15 is 0 Å². The first-order valence-electron chi connectivity index (χ1n) is 9.72. The maximum Gasteiger partial charge on any atom is 0.421 e. The molecule has 8 heteroatoms. The Morgan fingerprint density at radius 2 is 1.60 bits per heavy atom. The molecule has 30 heavy (non-hydrogen) atoms. The smallest absolute Gasteiger partial charge is 0.421 e. The van der Waals surface area contributed by atoms with Crippen LogP contribution in [0.2, 0.25) is 0 Å². The average Bonchev–Trinajstić information content (AvgIpc) is 2.72. The molecule has 1 heterocycles. The van der Waals surface area contributed by atoms with E-state index in [1.165, 1.54) is 0 Å². The van der Waals surface area contributed by atoms with Gasteiger partial charge in [-0.1, -0.05) is 38.0 Å². The molecule has 0 saturated carbocycles. The summed E-state index contributed by atoms with van der Waals surface area (Å²) in [6.07, 6.45) is -0.661. The number of nitrogens with zero attached hydrogens (tertiary/aromatic N) is 2. The first-order valence-corrected chi connectivity index (χ1v) is 9.72. The van der Waals surface area contributed by atoms with Crippen LogP contribution in [0.25, 0.3) is 0 Å². The molecule has 0 unspecified atom stereocenters. The second-order valence-electron chi connectivity index (χ2n) is 6.65. The predicted molar refractivity (Wildman–Crippen MR) is 112 cm³/mol. The van der Waals surface area contributed by atoms with Gasteiger partial charge in [-0.05, 0) is 42.8 Å². The van der Waals surface area contributed by atoms with Crippen LogP contribution in [0.1, 0.15) is 31.7 Å². The third kappa shape index (κ3) is 6.10. The van der Waals surface area contributed by atoms with Gasteiger partial charge in [-0.2, -0.15) is 18.2 Å². The van der Waals surface area contributed by atoms with Crippen LogP contribution in [0.4, 0.5) is 36.3 Å². The minimum atomic E-state index is -4.59. The second kappa shape index (κ2) is 9.96. The van der Waals surface area contributed by atoms with E-state index in [0.29, 0.717) is 23.7 Å². The molecule has 2 N–H and O–H groups in total. The zero-order valence-electron chi connectivity index (χ0n) is 16.5. The van der Waals surface area contributed by atoms with E-state index in [0.717, 1.165) is 25.5 Å². The van der Waals surface area contributed by atoms with Crippen LogP contribution < -0.4 is 15.4 Å². The van der Waals surface area contributed by atoms with E-state index in [9.17, 15) is 13.2 Å². The van der Waals surface area contributed by atoms with E-state index in [4.69, 9.17) is 4.74 Å². The number of anilines is 4. The Kier molecular flexibility index (Phi) is 7.11. The molecule has 0 aliphatic rings. The van der Waals surface area contributed by atoms with Crippen molar-refractivity contribution in [2.24, 2.45) is 0 Å². The normalized spacial score (nSPS) is 11.2. The fraction of sp³-hybridized carbons (Fsp3) is 0.273. The van der Waals surface area contributed by atoms with Crippen molar-refractivity contribution in [3.63, 3.8) is 0 Å². The Balaban J connectivity index is 1.76. The average molecular weight is 416 g/mol. The van der Waals surface area contributed by atoms with Crippen LogP contribution in [0.15, 0.2) is 60.8 Å². The zero-order chi connectivity index (χ0) is 21.4. The van der Waals surface area contributed by atoms with Crippen molar-refractivity contribution in [1.29, 1.82) is 0 Å². The van der Waals surface area contributed by atoms with Crippen molar-refractivity contribution in [1.82, 2.24) is 9.97 Å². The summed E-state index contributed by atoms with van der Waals surface area (Å²) >= 11 is 0. The van der Waals surface area contributed by atoms with Gasteiger partial charge >= 0.3 is 6.18 Å². The first kappa shape index (κ1) is 21.4. The van der Waals surface area contributed by atoms with Gasteiger partial charge in [0.1, 0.15) is 17.1 Å². The molecule has 2 aromatic carbocycles. The number of hydrogen-bond donors (Lipinski definition) is 2. The van der Waals surface area contributed by atoms with Crippen molar-refractivity contribution in [3.8, 4) is 5.75 Å². The molecule has 0 aliphatic carbocycles. The van der Waals surface area contributed by atoms with Gasteiger partial charge in [0.25, 0.3) is 0 Å². The van der Waals surface area contributed by atoms with E-state index in [2.05, 4.69) is 27.5 Å². The molecule has 5 nitrogen and oxygen atoms in total. The number of rotatable bonds is 9. The topological polar surface area (TPSA) is 59.1 Å². The van der Waals surface area contributed by atoms with Gasteiger partial charge < -0.3 is 15.4 Å². The number of benzene rings is 2. The maximum absolute atomic E-state index is 13.4. The number of aromatic nitrogens is 2. The summed E-state index contributed by atoms with van der Waals surface area (Å²) in [6.45, 7) is 2.73. The largest absolute Gasteiger partial charge is 0.494 e. The summed E-state index contributed by atoms with van der Waals surface area (Å²) in [7, 11) is 0. The summed E-state index contributed by atoms with van der Waals surface area (Å²) in [5.74, 6) is 0.405. The highest BCUT2D eigenvalue weighted by molar-refractivity contribution is 5.63. The molecule has 0 radical (unpaired) electrons. The molecule has 1 aromatic heterocycles. The van der Waals surface area contributed by atoms with Crippen LogP contribution in [0.3, 0.4) is 0 Å². The summed E-state index contributed by atoms with van der Waals surface area (Å²) in [6, 6.07) is 15.7. The lowest BCUT2D eigenvalue weighted by molar-refractivity contribution is -0.137. The molecule has 0 bridgehead atoms. The molecule has 0 fully saturated rings. The summed E-state index contributed by atoms with van der Waals surface area (Å²) in [5, 5.41) is 5.64. The first-order chi connectivity index (χ1) is 14.5. The molecule has 0 atom stereocenters. The summed E-state index contributed by atoms with van der Waals surface area (Å²) in [4.78, 5) is 7.84. The van der Waals surface area contributed by atoms with Crippen LogP contribution in [-0.2, 0) is 6.18 Å². The Hall–Kier alpha value is -3.29. The predicted octanol–water partition coefficient (Wildman–Crippen LogP) is 6.55. The van der Waals surface area contributed by atoms with Crippen molar-refractivity contribution >= 4 is 23.1 Å². The highest BCUT2D eigenvalue weighted by Gasteiger charge is 2.35. The summed E-state index contributed by atoms with van der Waals surface area (Å²) < 4.78 is 45.9. The Bertz CT molecular complexity index is 931. The van der Waals surface area contributed by atoms with Crippen molar-refractivity contribution in [3.05, 3.63) is 66.4 Å². The van der Waals surface area contributed by atoms with E-state index < -0.39 is 11.7 Å². The number of hydrogen-bond acceptors (Lipinski definition) is 5. The Morgan fingerprint density at radius 3 is 2.27 bits per heavy atom. The lowest BCUT2D eigenvalue weighted by atomic mass is 10.2. The fourth-order valence-corrected chi connectivity index (χ4v) is 2.71. The molecule has 0 saturated heterocycles. The molecular formula is C22H23F3N4O. The minimum absolute atomic E-state index is 0.0626. The van der Waals surface area contributed by atoms with Crippen molar-refractivity contribution in [2.45, 2.75) is 32.4 Å². The number of unbranched alkanes of at least 4 members (excludes halogenated alkanes) is 2. The molecule has 0 spiro atoms. The lowest BCUT2D eigenvalue weighted by Gasteiger charge is -2.15. The minimum Gasteiger partial charge on any atom is -0.494 e. The second-order valence-corrected chi connectivity index (χ2v) is 6.65. The lowest BCUT2D eigenvalue weighted by Crippen LogP contribution is -2.12. The zero-order valence-corrected chi connectivity index (χ0v) is 16.5. The number of nitrogens with one attached hydrogen (secondary N) is 2. The van der Waals surface area contributed by atoms with Gasteiger partial charge in [-0.25, -0.2) is 4.98 Å². The maximum atomic E-state index is 13.4. The number of alkyl halides is 3. The van der Waals surface area contributed by atoms with Crippen LogP contribution in [-0.4, -0.2) is 16.6 Å². The Labute approximate surface area is 173 Å². The monoisotopic (exact) mass is 416 g/mol. The van der Waals surface area contributed by atoms with E-state index in [1.807, 2.05) is 6.07 Å². The highest BCUT2D eigenvalue weighted by Crippen LogP contribution is 2.35. The van der Waals surface area contributed by atoms with Crippen molar-refractivity contribution in [2.75, 3.05) is 17.2 Å². The molecule has 0 aliphatic heterocycles. The van der Waals surface area contributed by atoms with E-state index in [1.54, 1.807) is 48.5 Å². The highest BCUT2D eigenvalue weighted by atomic mass is 19.4. The van der Waals surface area contributed by atoms with Gasteiger partial charge in [-0.3, -0.25) is 0 Å². The van der Waals surface area contributed by atoms with Gasteiger partial charge in [0.05, 0.1) is 6.61 Å². The molecule has 3 aromatic rings. The third-order valence-corrected chi connectivity index (χ3v) is 4.26. The quantitative estimate of drug-likeness (QED) is 0.387. The Morgan fingerprint density at radius 1 is 0.900 bits per heavy atom. The van der Waals surface area contributed by atoms with Crippen LogP contribution >= 0.6 is 0 Å². The number of para-hydroxylation sites is 1.